The summed E-state index contributed by atoms with van der Waals surface area (Å²) in [5, 5.41) is 10.5. The monoisotopic (exact) mass is 363 g/mol. The highest BCUT2D eigenvalue weighted by molar-refractivity contribution is 5.65. The number of hydrogen-bond acceptors (Lipinski definition) is 4. The van der Waals surface area contributed by atoms with Crippen molar-refractivity contribution in [3.63, 3.8) is 0 Å². The van der Waals surface area contributed by atoms with E-state index in [1.807, 2.05) is 6.92 Å². The molecule has 0 aliphatic carbocycles. The SMILES string of the molecule is C=CCN1c2ccccc2OC1(CCCC)C(F)(F)C(O)c1ccco1. The van der Waals surface area contributed by atoms with Crippen LogP contribution in [-0.4, -0.2) is 23.3 Å². The standard InChI is InChI=1S/C20H23F2NO3/c1-3-5-12-19(20(21,22)18(24)17-11-8-14-25-17)23(13-4-2)15-9-6-7-10-16(15)26-19/h4,6-11,14,18,24H,2-3,5,12-13H2,1H3. The minimum atomic E-state index is -3.62. The van der Waals surface area contributed by atoms with Crippen LogP contribution in [0.2, 0.25) is 0 Å². The molecule has 0 fully saturated rings. The van der Waals surface area contributed by atoms with Crippen LogP contribution in [0.3, 0.4) is 0 Å². The third kappa shape index (κ3) is 2.78. The van der Waals surface area contributed by atoms with Gasteiger partial charge in [-0.1, -0.05) is 31.6 Å². The van der Waals surface area contributed by atoms with E-state index in [1.54, 1.807) is 30.3 Å². The first-order valence-electron chi connectivity index (χ1n) is 8.73. The average molecular weight is 363 g/mol. The molecule has 6 heteroatoms. The van der Waals surface area contributed by atoms with Gasteiger partial charge >= 0.3 is 5.92 Å². The fourth-order valence-electron chi connectivity index (χ4n) is 3.43. The molecule has 1 N–H and O–H groups in total. The molecule has 0 saturated heterocycles. The molecule has 2 atom stereocenters. The maximum absolute atomic E-state index is 15.7. The average Bonchev–Trinajstić information content (AvgIpc) is 3.27. The Morgan fingerprint density at radius 1 is 1.31 bits per heavy atom. The fraction of sp³-hybridized carbons (Fsp3) is 0.400. The highest BCUT2D eigenvalue weighted by Gasteiger charge is 2.66. The van der Waals surface area contributed by atoms with E-state index in [0.29, 0.717) is 17.9 Å². The van der Waals surface area contributed by atoms with Crippen molar-refractivity contribution >= 4 is 5.69 Å². The molecule has 1 aliphatic heterocycles. The Kier molecular flexibility index (Phi) is 5.05. The largest absolute Gasteiger partial charge is 0.466 e. The molecule has 26 heavy (non-hydrogen) atoms. The Morgan fingerprint density at radius 2 is 2.08 bits per heavy atom. The minimum absolute atomic E-state index is 0.0524. The number of nitrogens with zero attached hydrogens (tertiary/aromatic N) is 1. The number of anilines is 1. The van der Waals surface area contributed by atoms with Gasteiger partial charge in [0.1, 0.15) is 11.5 Å². The van der Waals surface area contributed by atoms with Crippen LogP contribution < -0.4 is 9.64 Å². The molecule has 3 rings (SSSR count). The summed E-state index contributed by atoms with van der Waals surface area (Å²) in [6.07, 6.45) is 1.98. The normalized spacial score (nSPS) is 20.5. The Labute approximate surface area is 151 Å². The summed E-state index contributed by atoms with van der Waals surface area (Å²) in [7, 11) is 0. The lowest BCUT2D eigenvalue weighted by molar-refractivity contribution is -0.223. The van der Waals surface area contributed by atoms with E-state index >= 15 is 8.78 Å². The van der Waals surface area contributed by atoms with Gasteiger partial charge in [-0.3, -0.25) is 0 Å². The Balaban J connectivity index is 2.10. The third-order valence-electron chi connectivity index (χ3n) is 4.73. The van der Waals surface area contributed by atoms with Crippen molar-refractivity contribution in [2.75, 3.05) is 11.4 Å². The lowest BCUT2D eigenvalue weighted by Crippen LogP contribution is -2.64. The topological polar surface area (TPSA) is 45.8 Å². The Morgan fingerprint density at radius 3 is 2.73 bits per heavy atom. The van der Waals surface area contributed by atoms with Crippen molar-refractivity contribution in [2.24, 2.45) is 0 Å². The van der Waals surface area contributed by atoms with E-state index < -0.39 is 17.8 Å². The second kappa shape index (κ2) is 7.11. The minimum Gasteiger partial charge on any atom is -0.466 e. The molecular formula is C20H23F2NO3. The second-order valence-electron chi connectivity index (χ2n) is 6.40. The first-order chi connectivity index (χ1) is 12.5. The highest BCUT2D eigenvalue weighted by Crippen LogP contribution is 2.54. The number of unbranched alkanes of at least 4 members (excludes halogenated alkanes) is 1. The van der Waals surface area contributed by atoms with Gasteiger partial charge in [-0.2, -0.15) is 8.78 Å². The molecule has 0 spiro atoms. The zero-order chi connectivity index (χ0) is 18.8. The van der Waals surface area contributed by atoms with Gasteiger partial charge in [0.15, 0.2) is 6.10 Å². The number of alkyl halides is 2. The van der Waals surface area contributed by atoms with Crippen molar-refractivity contribution in [3.8, 4) is 5.75 Å². The number of fused-ring (bicyclic) bond motifs is 1. The van der Waals surface area contributed by atoms with Crippen LogP contribution in [0.5, 0.6) is 5.75 Å². The van der Waals surface area contributed by atoms with Gasteiger partial charge in [-0.25, -0.2) is 0 Å². The van der Waals surface area contributed by atoms with Crippen LogP contribution in [0.15, 0.2) is 59.7 Å². The molecule has 0 amide bonds. The molecule has 2 heterocycles. The predicted molar refractivity (Wildman–Crippen MR) is 95.5 cm³/mol. The van der Waals surface area contributed by atoms with E-state index in [4.69, 9.17) is 9.15 Å². The molecule has 0 bridgehead atoms. The van der Waals surface area contributed by atoms with Gasteiger partial charge in [0, 0.05) is 13.0 Å². The van der Waals surface area contributed by atoms with Crippen molar-refractivity contribution in [1.82, 2.24) is 0 Å². The molecule has 140 valence electrons. The van der Waals surface area contributed by atoms with Crippen LogP contribution >= 0.6 is 0 Å². The highest BCUT2D eigenvalue weighted by atomic mass is 19.3. The van der Waals surface area contributed by atoms with Gasteiger partial charge in [0.25, 0.3) is 5.72 Å². The van der Waals surface area contributed by atoms with E-state index in [9.17, 15) is 5.11 Å². The number of aliphatic hydroxyl groups is 1. The summed E-state index contributed by atoms with van der Waals surface area (Å²) >= 11 is 0. The maximum atomic E-state index is 15.7. The number of para-hydroxylation sites is 2. The lowest BCUT2D eigenvalue weighted by Gasteiger charge is -2.44. The van der Waals surface area contributed by atoms with Gasteiger partial charge in [0.2, 0.25) is 0 Å². The summed E-state index contributed by atoms with van der Waals surface area (Å²) in [4.78, 5) is 1.50. The molecule has 1 aliphatic rings. The summed E-state index contributed by atoms with van der Waals surface area (Å²) in [6.45, 7) is 5.79. The first kappa shape index (κ1) is 18.5. The van der Waals surface area contributed by atoms with E-state index in [-0.39, 0.29) is 18.7 Å². The smallest absolute Gasteiger partial charge is 0.338 e. The fourth-order valence-corrected chi connectivity index (χ4v) is 3.43. The number of hydrogen-bond donors (Lipinski definition) is 1. The molecule has 2 unspecified atom stereocenters. The maximum Gasteiger partial charge on any atom is 0.338 e. The molecule has 1 aromatic carbocycles. The number of rotatable bonds is 8. The Hall–Kier alpha value is -2.34. The van der Waals surface area contributed by atoms with Crippen molar-refractivity contribution in [1.29, 1.82) is 0 Å². The summed E-state index contributed by atoms with van der Waals surface area (Å²) in [5.41, 5.74) is -1.46. The Bertz CT molecular complexity index is 747. The number of ether oxygens (including phenoxy) is 1. The summed E-state index contributed by atoms with van der Waals surface area (Å²) < 4.78 is 42.3. The van der Waals surface area contributed by atoms with Crippen LogP contribution in [0.25, 0.3) is 0 Å². The molecule has 0 radical (unpaired) electrons. The van der Waals surface area contributed by atoms with Crippen molar-refractivity contribution < 1.29 is 23.0 Å². The quantitative estimate of drug-likeness (QED) is 0.676. The predicted octanol–water partition coefficient (Wildman–Crippen LogP) is 4.92. The van der Waals surface area contributed by atoms with E-state index in [2.05, 4.69) is 6.58 Å². The molecule has 2 aromatic rings. The van der Waals surface area contributed by atoms with Crippen LogP contribution in [0.4, 0.5) is 14.5 Å². The van der Waals surface area contributed by atoms with Crippen molar-refractivity contribution in [2.45, 2.75) is 43.9 Å². The zero-order valence-electron chi connectivity index (χ0n) is 14.7. The van der Waals surface area contributed by atoms with Gasteiger partial charge in [-0.15, -0.1) is 6.58 Å². The molecule has 0 saturated carbocycles. The number of benzene rings is 1. The van der Waals surface area contributed by atoms with E-state index in [1.165, 1.54) is 23.3 Å². The van der Waals surface area contributed by atoms with Crippen LogP contribution in [0, 0.1) is 0 Å². The molecule has 1 aromatic heterocycles. The van der Waals surface area contributed by atoms with Gasteiger partial charge in [-0.05, 0) is 30.7 Å². The summed E-state index contributed by atoms with van der Waals surface area (Å²) in [6, 6.07) is 9.72. The zero-order valence-corrected chi connectivity index (χ0v) is 14.7. The molecular weight excluding hydrogens is 340 g/mol. The third-order valence-corrected chi connectivity index (χ3v) is 4.73. The van der Waals surface area contributed by atoms with Crippen LogP contribution in [-0.2, 0) is 0 Å². The van der Waals surface area contributed by atoms with Gasteiger partial charge in [0.05, 0.1) is 12.0 Å². The van der Waals surface area contributed by atoms with Crippen molar-refractivity contribution in [3.05, 3.63) is 61.1 Å². The van der Waals surface area contributed by atoms with Crippen LogP contribution in [0.1, 0.15) is 38.1 Å². The number of aliphatic hydroxyl groups excluding tert-OH is 1. The molecule has 4 nitrogen and oxygen atoms in total. The number of halogens is 2. The second-order valence-corrected chi connectivity index (χ2v) is 6.40. The summed E-state index contributed by atoms with van der Waals surface area (Å²) in [5.74, 6) is -3.44. The van der Waals surface area contributed by atoms with Gasteiger partial charge < -0.3 is 19.2 Å². The van der Waals surface area contributed by atoms with E-state index in [0.717, 1.165) is 6.42 Å². The first-order valence-corrected chi connectivity index (χ1v) is 8.73. The lowest BCUT2D eigenvalue weighted by atomic mass is 9.91. The number of furan rings is 1.